The number of carbonyl (C=O) groups is 1. The Morgan fingerprint density at radius 1 is 1.11 bits per heavy atom. The quantitative estimate of drug-likeness (QED) is 0.601. The van der Waals surface area contributed by atoms with Crippen LogP contribution >= 0.6 is 0 Å². The first-order chi connectivity index (χ1) is 8.81. The van der Waals surface area contributed by atoms with E-state index in [9.17, 15) is 4.79 Å². The van der Waals surface area contributed by atoms with E-state index in [1.165, 1.54) is 0 Å². The van der Waals surface area contributed by atoms with Gasteiger partial charge < -0.3 is 4.52 Å². The number of nitrogens with zero attached hydrogens (tertiary/aromatic N) is 1. The van der Waals surface area contributed by atoms with Gasteiger partial charge in [-0.3, -0.25) is 4.79 Å². The lowest BCUT2D eigenvalue weighted by molar-refractivity contribution is -0.114. The molecule has 0 atom stereocenters. The summed E-state index contributed by atoms with van der Waals surface area (Å²) in [5, 5.41) is 7.17. The van der Waals surface area contributed by atoms with Crippen molar-refractivity contribution in [2.75, 3.05) is 0 Å². The second-order valence-electron chi connectivity index (χ2n) is 4.56. The van der Waals surface area contributed by atoms with Crippen molar-refractivity contribution in [2.45, 2.75) is 6.42 Å². The van der Waals surface area contributed by atoms with Gasteiger partial charge in [-0.05, 0) is 46.2 Å². The van der Waals surface area contributed by atoms with E-state index in [0.717, 1.165) is 32.8 Å². The number of hydrogen-bond acceptors (Lipinski definition) is 3. The molecule has 86 valence electrons. The lowest BCUT2D eigenvalue weighted by Gasteiger charge is -2.11. The number of fused-ring (bicyclic) bond motifs is 4. The van der Waals surface area contributed by atoms with Crippen molar-refractivity contribution in [3.05, 3.63) is 47.7 Å². The van der Waals surface area contributed by atoms with Crippen LogP contribution in [0.5, 0.6) is 0 Å². The van der Waals surface area contributed by atoms with E-state index in [1.54, 1.807) is 12.3 Å². The van der Waals surface area contributed by atoms with Crippen molar-refractivity contribution in [1.82, 2.24) is 5.16 Å². The third kappa shape index (κ3) is 1.24. The van der Waals surface area contributed by atoms with Crippen LogP contribution in [0.25, 0.3) is 27.8 Å². The van der Waals surface area contributed by atoms with Gasteiger partial charge in [-0.2, -0.15) is 0 Å². The van der Waals surface area contributed by atoms with Crippen molar-refractivity contribution in [3.63, 3.8) is 0 Å². The average Bonchev–Trinajstić information content (AvgIpc) is 2.85. The summed E-state index contributed by atoms with van der Waals surface area (Å²) >= 11 is 0. The second-order valence-corrected chi connectivity index (χ2v) is 4.56. The summed E-state index contributed by atoms with van der Waals surface area (Å²) in [5.41, 5.74) is 3.04. The third-order valence-electron chi connectivity index (χ3n) is 3.43. The van der Waals surface area contributed by atoms with E-state index in [-0.39, 0.29) is 5.78 Å². The van der Waals surface area contributed by atoms with E-state index in [4.69, 9.17) is 4.52 Å². The Morgan fingerprint density at radius 2 is 2.06 bits per heavy atom. The molecule has 1 aliphatic carbocycles. The maximum absolute atomic E-state index is 11.5. The highest BCUT2D eigenvalue weighted by atomic mass is 16.5. The van der Waals surface area contributed by atoms with Gasteiger partial charge in [-0.25, -0.2) is 0 Å². The molecule has 0 radical (unpaired) electrons. The fraction of sp³-hybridized carbons (Fsp3) is 0.0667. The minimum absolute atomic E-state index is 0.152. The van der Waals surface area contributed by atoms with Crippen molar-refractivity contribution >= 4 is 33.5 Å². The lowest BCUT2D eigenvalue weighted by atomic mass is 9.92. The average molecular weight is 235 g/mol. The van der Waals surface area contributed by atoms with Crippen molar-refractivity contribution in [2.24, 2.45) is 0 Å². The van der Waals surface area contributed by atoms with Crippen LogP contribution in [0.15, 0.2) is 41.1 Å². The smallest absolute Gasteiger partial charge is 0.160 e. The maximum atomic E-state index is 11.5. The Balaban J connectivity index is 2.13. The fourth-order valence-corrected chi connectivity index (χ4v) is 2.52. The summed E-state index contributed by atoms with van der Waals surface area (Å²) in [6.07, 6.45) is 5.67. The molecule has 3 nitrogen and oxygen atoms in total. The van der Waals surface area contributed by atoms with Crippen molar-refractivity contribution in [3.8, 4) is 0 Å². The molecule has 1 aromatic heterocycles. The summed E-state index contributed by atoms with van der Waals surface area (Å²) in [6.45, 7) is 0. The highest BCUT2D eigenvalue weighted by molar-refractivity contribution is 6.08. The second kappa shape index (κ2) is 3.29. The van der Waals surface area contributed by atoms with Crippen LogP contribution in [-0.2, 0) is 11.2 Å². The predicted octanol–water partition coefficient (Wildman–Crippen LogP) is 3.12. The molecule has 0 saturated carbocycles. The van der Waals surface area contributed by atoms with Crippen LogP contribution in [0.3, 0.4) is 0 Å². The molecule has 0 spiro atoms. The Morgan fingerprint density at radius 3 is 3.00 bits per heavy atom. The molecule has 0 unspecified atom stereocenters. The van der Waals surface area contributed by atoms with E-state index in [1.807, 2.05) is 18.2 Å². The molecule has 3 heteroatoms. The molecule has 0 N–H and O–H groups in total. The zero-order valence-electron chi connectivity index (χ0n) is 9.51. The van der Waals surface area contributed by atoms with Gasteiger partial charge in [-0.15, -0.1) is 0 Å². The molecule has 4 rings (SSSR count). The first-order valence-electron chi connectivity index (χ1n) is 5.82. The fourth-order valence-electron chi connectivity index (χ4n) is 2.52. The largest absolute Gasteiger partial charge is 0.363 e. The number of carbonyl (C=O) groups excluding carboxylic acids is 1. The van der Waals surface area contributed by atoms with Crippen LogP contribution in [0, 0.1) is 0 Å². The van der Waals surface area contributed by atoms with Crippen LogP contribution in [0.4, 0.5) is 0 Å². The molecular weight excluding hydrogens is 226 g/mol. The minimum Gasteiger partial charge on any atom is -0.363 e. The summed E-state index contributed by atoms with van der Waals surface area (Å²) in [5.74, 6) is 0.152. The van der Waals surface area contributed by atoms with Crippen molar-refractivity contribution < 1.29 is 9.32 Å². The molecule has 0 saturated heterocycles. The van der Waals surface area contributed by atoms with Gasteiger partial charge in [0.05, 0.1) is 0 Å². The highest BCUT2D eigenvalue weighted by Gasteiger charge is 2.13. The van der Waals surface area contributed by atoms with Crippen LogP contribution in [0.2, 0.25) is 0 Å². The molecular formula is C15H9NO2. The van der Waals surface area contributed by atoms with Gasteiger partial charge in [0, 0.05) is 11.8 Å². The predicted molar refractivity (Wildman–Crippen MR) is 69.3 cm³/mol. The summed E-state index contributed by atoms with van der Waals surface area (Å²) in [6, 6.07) is 8.17. The Bertz CT molecular complexity index is 827. The number of rotatable bonds is 0. The van der Waals surface area contributed by atoms with E-state index in [0.29, 0.717) is 6.42 Å². The SMILES string of the molecule is O=C1C=Cc2cc3ccc4nocc4c3cc2C1. The molecule has 3 aromatic rings. The maximum Gasteiger partial charge on any atom is 0.160 e. The summed E-state index contributed by atoms with van der Waals surface area (Å²) in [7, 11) is 0. The summed E-state index contributed by atoms with van der Waals surface area (Å²) < 4.78 is 5.01. The zero-order chi connectivity index (χ0) is 12.1. The van der Waals surface area contributed by atoms with Gasteiger partial charge in [0.2, 0.25) is 0 Å². The monoisotopic (exact) mass is 235 g/mol. The first-order valence-corrected chi connectivity index (χ1v) is 5.82. The number of allylic oxidation sites excluding steroid dienone is 1. The van der Waals surface area contributed by atoms with Gasteiger partial charge in [0.15, 0.2) is 5.78 Å². The lowest BCUT2D eigenvalue weighted by Crippen LogP contribution is -2.05. The van der Waals surface area contributed by atoms with Gasteiger partial charge in [-0.1, -0.05) is 17.3 Å². The Kier molecular flexibility index (Phi) is 1.75. The van der Waals surface area contributed by atoms with E-state index < -0.39 is 0 Å². The number of aromatic nitrogens is 1. The van der Waals surface area contributed by atoms with E-state index in [2.05, 4.69) is 17.3 Å². The zero-order valence-corrected chi connectivity index (χ0v) is 9.51. The number of hydrogen-bond donors (Lipinski definition) is 0. The molecule has 2 aromatic carbocycles. The molecule has 0 fully saturated rings. The minimum atomic E-state index is 0.152. The number of benzene rings is 2. The Hall–Kier alpha value is -2.42. The standard InChI is InChI=1S/C15H9NO2/c17-12-3-1-9-5-10-2-4-15-14(8-18-16-15)13(10)7-11(9)6-12/h1-5,7-8H,6H2. The van der Waals surface area contributed by atoms with E-state index >= 15 is 0 Å². The van der Waals surface area contributed by atoms with Crippen LogP contribution in [-0.4, -0.2) is 10.9 Å². The van der Waals surface area contributed by atoms with Crippen molar-refractivity contribution in [1.29, 1.82) is 0 Å². The summed E-state index contributed by atoms with van der Waals surface area (Å²) in [4.78, 5) is 11.5. The molecule has 1 aliphatic rings. The molecule has 0 bridgehead atoms. The van der Waals surface area contributed by atoms with Gasteiger partial charge in [0.25, 0.3) is 0 Å². The van der Waals surface area contributed by atoms with Gasteiger partial charge >= 0.3 is 0 Å². The molecule has 1 heterocycles. The Labute approximate surface area is 103 Å². The normalized spacial score (nSPS) is 14.3. The topological polar surface area (TPSA) is 43.1 Å². The van der Waals surface area contributed by atoms with Crippen LogP contribution in [0.1, 0.15) is 11.1 Å². The molecule has 0 amide bonds. The highest BCUT2D eigenvalue weighted by Crippen LogP contribution is 2.29. The third-order valence-corrected chi connectivity index (χ3v) is 3.43. The number of ketones is 1. The first kappa shape index (κ1) is 9.59. The van der Waals surface area contributed by atoms with Crippen LogP contribution < -0.4 is 0 Å². The molecule has 18 heavy (non-hydrogen) atoms. The molecule has 0 aliphatic heterocycles. The van der Waals surface area contributed by atoms with Gasteiger partial charge in [0.1, 0.15) is 11.8 Å².